The molecule has 166 valence electrons. The van der Waals surface area contributed by atoms with Gasteiger partial charge < -0.3 is 19.9 Å². The third kappa shape index (κ3) is 8.07. The van der Waals surface area contributed by atoms with Crippen LogP contribution in [0.5, 0.6) is 0 Å². The van der Waals surface area contributed by atoms with E-state index in [2.05, 4.69) is 15.3 Å². The maximum Gasteiger partial charge on any atom is 0.274 e. The minimum Gasteiger partial charge on any atom is -0.370 e. The van der Waals surface area contributed by atoms with Gasteiger partial charge >= 0.3 is 0 Å². The van der Waals surface area contributed by atoms with Gasteiger partial charge in [0.15, 0.2) is 0 Å². The zero-order chi connectivity index (χ0) is 21.7. The molecule has 0 unspecified atom stereocenters. The van der Waals surface area contributed by atoms with E-state index in [4.69, 9.17) is 4.74 Å². The van der Waals surface area contributed by atoms with E-state index in [1.165, 1.54) is 23.5 Å². The Morgan fingerprint density at radius 1 is 1.10 bits per heavy atom. The maximum absolute atomic E-state index is 12.9. The standard InChI is InChI=1S/C23H31N5O3/c29-22(26-9-4-12-27-15-17-31-18-16-27)8-14-28(13-7-20-5-2-1-3-6-20)23(30)21-19-24-10-11-25-21/h1-3,5-6,10-11,19H,4,7-9,12-18H2,(H,26,29)/p+1. The van der Waals surface area contributed by atoms with Crippen molar-refractivity contribution in [2.75, 3.05) is 52.5 Å². The topological polar surface area (TPSA) is 88.9 Å². The van der Waals surface area contributed by atoms with Crippen LogP contribution in [0.15, 0.2) is 48.9 Å². The molecule has 8 heteroatoms. The average molecular weight is 427 g/mol. The van der Waals surface area contributed by atoms with Crippen LogP contribution in [0.3, 0.4) is 0 Å². The maximum atomic E-state index is 12.9. The number of amides is 2. The molecule has 0 atom stereocenters. The van der Waals surface area contributed by atoms with E-state index in [0.717, 1.165) is 51.3 Å². The van der Waals surface area contributed by atoms with E-state index in [0.29, 0.717) is 25.3 Å². The first-order chi connectivity index (χ1) is 15.2. The molecular weight excluding hydrogens is 394 g/mol. The Labute approximate surface area is 183 Å². The summed E-state index contributed by atoms with van der Waals surface area (Å²) in [7, 11) is 0. The van der Waals surface area contributed by atoms with Gasteiger partial charge in [0, 0.05) is 44.9 Å². The fourth-order valence-electron chi connectivity index (χ4n) is 3.60. The highest BCUT2D eigenvalue weighted by molar-refractivity contribution is 5.92. The molecule has 1 aliphatic heterocycles. The van der Waals surface area contributed by atoms with E-state index >= 15 is 0 Å². The van der Waals surface area contributed by atoms with Crippen molar-refractivity contribution in [1.82, 2.24) is 20.2 Å². The van der Waals surface area contributed by atoms with Crippen LogP contribution in [0.4, 0.5) is 0 Å². The molecule has 0 radical (unpaired) electrons. The predicted octanol–water partition coefficient (Wildman–Crippen LogP) is -0.0270. The monoisotopic (exact) mass is 426 g/mol. The first-order valence-corrected chi connectivity index (χ1v) is 11.0. The van der Waals surface area contributed by atoms with Gasteiger partial charge in [-0.25, -0.2) is 4.98 Å². The Hall–Kier alpha value is -2.84. The number of hydrogen-bond donors (Lipinski definition) is 2. The minimum atomic E-state index is -0.201. The second kappa shape index (κ2) is 12.8. The molecule has 1 saturated heterocycles. The second-order valence-electron chi connectivity index (χ2n) is 7.68. The molecule has 1 fully saturated rings. The quantitative estimate of drug-likeness (QED) is 0.493. The molecule has 2 aromatic rings. The van der Waals surface area contributed by atoms with Crippen molar-refractivity contribution < 1.29 is 19.2 Å². The van der Waals surface area contributed by atoms with Gasteiger partial charge in [0.05, 0.1) is 26.0 Å². The van der Waals surface area contributed by atoms with Crippen molar-refractivity contribution >= 4 is 11.8 Å². The molecule has 2 heterocycles. The van der Waals surface area contributed by atoms with E-state index in [9.17, 15) is 9.59 Å². The Kier molecular flexibility index (Phi) is 9.40. The normalized spacial score (nSPS) is 14.2. The van der Waals surface area contributed by atoms with Crippen LogP contribution in [-0.2, 0) is 16.0 Å². The number of aromatic nitrogens is 2. The number of carbonyl (C=O) groups excluding carboxylic acids is 2. The zero-order valence-electron chi connectivity index (χ0n) is 18.0. The summed E-state index contributed by atoms with van der Waals surface area (Å²) in [5, 5.41) is 2.98. The number of benzene rings is 1. The summed E-state index contributed by atoms with van der Waals surface area (Å²) in [6.45, 7) is 6.28. The van der Waals surface area contributed by atoms with Crippen molar-refractivity contribution in [2.24, 2.45) is 0 Å². The molecular formula is C23H32N5O3+. The van der Waals surface area contributed by atoms with Crippen LogP contribution < -0.4 is 10.2 Å². The lowest BCUT2D eigenvalue weighted by Gasteiger charge is -2.24. The molecule has 31 heavy (non-hydrogen) atoms. The van der Waals surface area contributed by atoms with Crippen LogP contribution >= 0.6 is 0 Å². The summed E-state index contributed by atoms with van der Waals surface area (Å²) in [5.74, 6) is -0.235. The highest BCUT2D eigenvalue weighted by Gasteiger charge is 2.18. The van der Waals surface area contributed by atoms with Gasteiger partial charge in [-0.2, -0.15) is 0 Å². The number of rotatable bonds is 11. The van der Waals surface area contributed by atoms with Crippen LogP contribution in [0.25, 0.3) is 0 Å². The van der Waals surface area contributed by atoms with Crippen molar-refractivity contribution in [3.05, 3.63) is 60.2 Å². The highest BCUT2D eigenvalue weighted by Crippen LogP contribution is 2.06. The second-order valence-corrected chi connectivity index (χ2v) is 7.68. The average Bonchev–Trinajstić information content (AvgIpc) is 2.83. The number of ether oxygens (including phenoxy) is 1. The van der Waals surface area contributed by atoms with Gasteiger partial charge in [0.2, 0.25) is 5.91 Å². The van der Waals surface area contributed by atoms with Crippen LogP contribution in [0, 0.1) is 0 Å². The fraction of sp³-hybridized carbons (Fsp3) is 0.478. The first kappa shape index (κ1) is 22.8. The van der Waals surface area contributed by atoms with Crippen LogP contribution in [0.2, 0.25) is 0 Å². The van der Waals surface area contributed by atoms with Crippen molar-refractivity contribution in [3.8, 4) is 0 Å². The smallest absolute Gasteiger partial charge is 0.274 e. The van der Waals surface area contributed by atoms with Gasteiger partial charge in [-0.3, -0.25) is 14.6 Å². The molecule has 2 N–H and O–H groups in total. The van der Waals surface area contributed by atoms with Crippen LogP contribution in [-0.4, -0.2) is 79.2 Å². The molecule has 0 bridgehead atoms. The molecule has 0 aliphatic carbocycles. The zero-order valence-corrected chi connectivity index (χ0v) is 18.0. The minimum absolute atomic E-state index is 0.0337. The Morgan fingerprint density at radius 2 is 1.90 bits per heavy atom. The molecule has 1 aromatic heterocycles. The largest absolute Gasteiger partial charge is 0.370 e. The van der Waals surface area contributed by atoms with E-state index < -0.39 is 0 Å². The fourth-order valence-corrected chi connectivity index (χ4v) is 3.60. The summed E-state index contributed by atoms with van der Waals surface area (Å²) in [4.78, 5) is 36.6. The van der Waals surface area contributed by atoms with Crippen molar-refractivity contribution in [1.29, 1.82) is 0 Å². The van der Waals surface area contributed by atoms with Crippen LogP contribution in [0.1, 0.15) is 28.9 Å². The lowest BCUT2D eigenvalue weighted by Crippen LogP contribution is -3.14. The highest BCUT2D eigenvalue weighted by atomic mass is 16.5. The number of nitrogens with zero attached hydrogens (tertiary/aromatic N) is 3. The third-order valence-corrected chi connectivity index (χ3v) is 5.42. The lowest BCUT2D eigenvalue weighted by molar-refractivity contribution is -0.908. The SMILES string of the molecule is O=C(CCN(CCc1ccccc1)C(=O)c1cnccn1)NCCC[NH+]1CCOCC1. The number of carbonyl (C=O) groups is 2. The Morgan fingerprint density at radius 3 is 2.65 bits per heavy atom. The number of nitrogens with one attached hydrogen (secondary N) is 2. The van der Waals surface area contributed by atoms with Gasteiger partial charge in [-0.05, 0) is 12.0 Å². The molecule has 2 amide bonds. The molecule has 1 aliphatic rings. The number of morpholine rings is 1. The first-order valence-electron chi connectivity index (χ1n) is 11.0. The summed E-state index contributed by atoms with van der Waals surface area (Å²) in [5.41, 5.74) is 1.44. The van der Waals surface area contributed by atoms with Gasteiger partial charge in [0.1, 0.15) is 18.8 Å². The Bertz CT molecular complexity index is 797. The molecule has 3 rings (SSSR count). The predicted molar refractivity (Wildman–Crippen MR) is 117 cm³/mol. The lowest BCUT2D eigenvalue weighted by atomic mass is 10.1. The molecule has 1 aromatic carbocycles. The van der Waals surface area contributed by atoms with Crippen molar-refractivity contribution in [2.45, 2.75) is 19.3 Å². The van der Waals surface area contributed by atoms with Gasteiger partial charge in [-0.1, -0.05) is 30.3 Å². The molecule has 0 spiro atoms. The summed E-state index contributed by atoms with van der Waals surface area (Å²) in [6.07, 6.45) is 6.44. The molecule has 8 nitrogen and oxygen atoms in total. The van der Waals surface area contributed by atoms with Gasteiger partial charge in [-0.15, -0.1) is 0 Å². The third-order valence-electron chi connectivity index (χ3n) is 5.42. The number of quaternary nitrogens is 1. The van der Waals surface area contributed by atoms with Gasteiger partial charge in [0.25, 0.3) is 5.91 Å². The summed E-state index contributed by atoms with van der Waals surface area (Å²) >= 11 is 0. The summed E-state index contributed by atoms with van der Waals surface area (Å²) in [6, 6.07) is 10.0. The summed E-state index contributed by atoms with van der Waals surface area (Å²) < 4.78 is 5.37. The van der Waals surface area contributed by atoms with Crippen molar-refractivity contribution in [3.63, 3.8) is 0 Å². The Balaban J connectivity index is 1.45. The number of hydrogen-bond acceptors (Lipinski definition) is 5. The molecule has 0 saturated carbocycles. The van der Waals surface area contributed by atoms with E-state index in [1.54, 1.807) is 4.90 Å². The van der Waals surface area contributed by atoms with E-state index in [-0.39, 0.29) is 18.2 Å². The van der Waals surface area contributed by atoms with E-state index in [1.807, 2.05) is 30.3 Å².